The number of halogens is 1. The first kappa shape index (κ1) is 17.0. The summed E-state index contributed by atoms with van der Waals surface area (Å²) in [5.74, 6) is -0.822. The molecular formula is C15H17FN4O2S. The molecule has 0 aliphatic carbocycles. The van der Waals surface area contributed by atoms with Gasteiger partial charge < -0.3 is 10.6 Å². The summed E-state index contributed by atoms with van der Waals surface area (Å²) in [5, 5.41) is 14.0. The second-order valence-electron chi connectivity index (χ2n) is 4.81. The number of anilines is 1. The monoisotopic (exact) mass is 336 g/mol. The average Bonchev–Trinajstić information content (AvgIpc) is 3.02. The molecule has 6 nitrogen and oxygen atoms in total. The fourth-order valence-electron chi connectivity index (χ4n) is 1.74. The van der Waals surface area contributed by atoms with Crippen LogP contribution in [0, 0.1) is 5.82 Å². The van der Waals surface area contributed by atoms with Gasteiger partial charge in [0.25, 0.3) is 5.91 Å². The van der Waals surface area contributed by atoms with E-state index in [-0.39, 0.29) is 16.7 Å². The van der Waals surface area contributed by atoms with E-state index in [0.717, 1.165) is 17.8 Å². The number of amides is 2. The SMILES string of the molecule is CCCNC(=O)CCc1nnc(C(=O)Nc2ccc(F)cc2)s1. The lowest BCUT2D eigenvalue weighted by atomic mass is 10.3. The van der Waals surface area contributed by atoms with Crippen molar-refractivity contribution in [2.45, 2.75) is 26.2 Å². The van der Waals surface area contributed by atoms with Crippen molar-refractivity contribution in [1.82, 2.24) is 15.5 Å². The summed E-state index contributed by atoms with van der Waals surface area (Å²) in [6.45, 7) is 2.64. The highest BCUT2D eigenvalue weighted by Gasteiger charge is 2.14. The Morgan fingerprint density at radius 3 is 2.65 bits per heavy atom. The summed E-state index contributed by atoms with van der Waals surface area (Å²) < 4.78 is 12.8. The lowest BCUT2D eigenvalue weighted by molar-refractivity contribution is -0.121. The molecular weight excluding hydrogens is 319 g/mol. The molecule has 0 aliphatic heterocycles. The maximum atomic E-state index is 12.8. The van der Waals surface area contributed by atoms with Gasteiger partial charge in [0.1, 0.15) is 10.8 Å². The van der Waals surface area contributed by atoms with Gasteiger partial charge in [0, 0.05) is 25.1 Å². The van der Waals surface area contributed by atoms with Crippen molar-refractivity contribution in [3.63, 3.8) is 0 Å². The van der Waals surface area contributed by atoms with Gasteiger partial charge in [-0.15, -0.1) is 10.2 Å². The van der Waals surface area contributed by atoms with Crippen LogP contribution in [0.4, 0.5) is 10.1 Å². The van der Waals surface area contributed by atoms with E-state index in [0.29, 0.717) is 30.1 Å². The third-order valence-corrected chi connectivity index (χ3v) is 3.88. The predicted molar refractivity (Wildman–Crippen MR) is 85.9 cm³/mol. The van der Waals surface area contributed by atoms with Gasteiger partial charge in [-0.2, -0.15) is 0 Å². The summed E-state index contributed by atoms with van der Waals surface area (Å²) in [6.07, 6.45) is 1.64. The van der Waals surface area contributed by atoms with Crippen LogP contribution in [0.5, 0.6) is 0 Å². The van der Waals surface area contributed by atoms with E-state index in [1.54, 1.807) is 0 Å². The Labute approximate surface area is 137 Å². The number of carbonyl (C=O) groups is 2. The number of benzene rings is 1. The highest BCUT2D eigenvalue weighted by atomic mass is 32.1. The molecule has 0 unspecified atom stereocenters. The minimum Gasteiger partial charge on any atom is -0.356 e. The summed E-state index contributed by atoms with van der Waals surface area (Å²) in [4.78, 5) is 23.5. The molecule has 0 atom stereocenters. The Hall–Kier alpha value is -2.35. The van der Waals surface area contributed by atoms with E-state index < -0.39 is 5.91 Å². The lowest BCUT2D eigenvalue weighted by Gasteiger charge is -2.01. The van der Waals surface area contributed by atoms with Gasteiger partial charge in [-0.1, -0.05) is 18.3 Å². The summed E-state index contributed by atoms with van der Waals surface area (Å²) in [7, 11) is 0. The van der Waals surface area contributed by atoms with Crippen molar-refractivity contribution < 1.29 is 14.0 Å². The van der Waals surface area contributed by atoms with E-state index in [1.807, 2.05) is 6.92 Å². The van der Waals surface area contributed by atoms with Crippen LogP contribution in [0.2, 0.25) is 0 Å². The van der Waals surface area contributed by atoms with E-state index in [4.69, 9.17) is 0 Å². The second kappa shape index (κ2) is 8.33. The molecule has 1 heterocycles. The molecule has 0 spiro atoms. The van der Waals surface area contributed by atoms with E-state index in [1.165, 1.54) is 24.3 Å². The van der Waals surface area contributed by atoms with Crippen molar-refractivity contribution in [1.29, 1.82) is 0 Å². The molecule has 23 heavy (non-hydrogen) atoms. The molecule has 122 valence electrons. The Bertz CT molecular complexity index is 672. The Balaban J connectivity index is 1.87. The molecule has 1 aromatic carbocycles. The Morgan fingerprint density at radius 2 is 1.96 bits per heavy atom. The first-order valence-electron chi connectivity index (χ1n) is 7.24. The maximum Gasteiger partial charge on any atom is 0.286 e. The van der Waals surface area contributed by atoms with E-state index in [9.17, 15) is 14.0 Å². The highest BCUT2D eigenvalue weighted by Crippen LogP contribution is 2.15. The standard InChI is InChI=1S/C15H17FN4O2S/c1-2-9-17-12(21)7-8-13-19-20-15(23-13)14(22)18-11-5-3-10(16)4-6-11/h3-6H,2,7-9H2,1H3,(H,17,21)(H,18,22). The fourth-order valence-corrected chi connectivity index (χ4v) is 2.47. The molecule has 0 saturated heterocycles. The Morgan fingerprint density at radius 1 is 1.22 bits per heavy atom. The zero-order valence-corrected chi connectivity index (χ0v) is 13.5. The third kappa shape index (κ3) is 5.41. The van der Waals surface area contributed by atoms with Crippen molar-refractivity contribution in [3.8, 4) is 0 Å². The molecule has 8 heteroatoms. The predicted octanol–water partition coefficient (Wildman–Crippen LogP) is 2.39. The van der Waals surface area contributed by atoms with Crippen LogP contribution in [0.15, 0.2) is 24.3 Å². The largest absolute Gasteiger partial charge is 0.356 e. The zero-order chi connectivity index (χ0) is 16.7. The summed E-state index contributed by atoms with van der Waals surface area (Å²) in [6, 6.07) is 5.45. The van der Waals surface area contributed by atoms with Crippen LogP contribution in [-0.4, -0.2) is 28.6 Å². The molecule has 1 aromatic heterocycles. The smallest absolute Gasteiger partial charge is 0.286 e. The van der Waals surface area contributed by atoms with Gasteiger partial charge in [-0.3, -0.25) is 9.59 Å². The maximum absolute atomic E-state index is 12.8. The number of nitrogens with one attached hydrogen (secondary N) is 2. The van der Waals surface area contributed by atoms with Crippen LogP contribution >= 0.6 is 11.3 Å². The van der Waals surface area contributed by atoms with Crippen LogP contribution in [0.1, 0.15) is 34.6 Å². The molecule has 0 fully saturated rings. The quantitative estimate of drug-likeness (QED) is 0.813. The number of aromatic nitrogens is 2. The number of nitrogens with zero attached hydrogens (tertiary/aromatic N) is 2. The Kier molecular flexibility index (Phi) is 6.16. The first-order valence-corrected chi connectivity index (χ1v) is 8.06. The summed E-state index contributed by atoms with van der Waals surface area (Å²) >= 11 is 1.14. The zero-order valence-electron chi connectivity index (χ0n) is 12.6. The van der Waals surface area contributed by atoms with Crippen molar-refractivity contribution in [3.05, 3.63) is 40.1 Å². The normalized spacial score (nSPS) is 10.3. The number of hydrogen-bond donors (Lipinski definition) is 2. The number of rotatable bonds is 7. The van der Waals surface area contributed by atoms with Crippen molar-refractivity contribution in [2.75, 3.05) is 11.9 Å². The van der Waals surface area contributed by atoms with Crippen LogP contribution in [0.3, 0.4) is 0 Å². The fraction of sp³-hybridized carbons (Fsp3) is 0.333. The van der Waals surface area contributed by atoms with Crippen molar-refractivity contribution in [2.24, 2.45) is 0 Å². The molecule has 2 N–H and O–H groups in total. The number of hydrogen-bond acceptors (Lipinski definition) is 5. The van der Waals surface area contributed by atoms with E-state index in [2.05, 4.69) is 20.8 Å². The van der Waals surface area contributed by atoms with Crippen molar-refractivity contribution >= 4 is 28.8 Å². The van der Waals surface area contributed by atoms with Gasteiger partial charge >= 0.3 is 0 Å². The average molecular weight is 336 g/mol. The van der Waals surface area contributed by atoms with Gasteiger partial charge in [0.05, 0.1) is 0 Å². The van der Waals surface area contributed by atoms with Gasteiger partial charge in [-0.25, -0.2) is 4.39 Å². The molecule has 2 amide bonds. The van der Waals surface area contributed by atoms with Gasteiger partial charge in [0.15, 0.2) is 0 Å². The van der Waals surface area contributed by atoms with E-state index >= 15 is 0 Å². The number of carbonyl (C=O) groups excluding carboxylic acids is 2. The number of aryl methyl sites for hydroxylation is 1. The molecule has 2 rings (SSSR count). The summed E-state index contributed by atoms with van der Waals surface area (Å²) in [5.41, 5.74) is 0.479. The van der Waals surface area contributed by atoms with Crippen LogP contribution in [-0.2, 0) is 11.2 Å². The molecule has 2 aromatic rings. The topological polar surface area (TPSA) is 84.0 Å². The molecule has 0 bridgehead atoms. The second-order valence-corrected chi connectivity index (χ2v) is 5.87. The minimum atomic E-state index is -0.407. The van der Waals surface area contributed by atoms with Gasteiger partial charge in [0.2, 0.25) is 10.9 Å². The third-order valence-electron chi connectivity index (χ3n) is 2.90. The van der Waals surface area contributed by atoms with Gasteiger partial charge in [-0.05, 0) is 30.7 Å². The highest BCUT2D eigenvalue weighted by molar-refractivity contribution is 7.13. The van der Waals surface area contributed by atoms with Crippen LogP contribution < -0.4 is 10.6 Å². The minimum absolute atomic E-state index is 0.0423. The molecule has 0 saturated carbocycles. The van der Waals surface area contributed by atoms with Crippen LogP contribution in [0.25, 0.3) is 0 Å². The molecule has 0 radical (unpaired) electrons. The molecule has 0 aliphatic rings. The lowest BCUT2D eigenvalue weighted by Crippen LogP contribution is -2.24. The first-order chi connectivity index (χ1) is 11.1.